The van der Waals surface area contributed by atoms with Crippen LogP contribution in [0.2, 0.25) is 0 Å². The molecule has 1 aliphatic heterocycles. The van der Waals surface area contributed by atoms with Gasteiger partial charge in [-0.25, -0.2) is 9.00 Å². The molecule has 1 rings (SSSR count). The van der Waals surface area contributed by atoms with Gasteiger partial charge in [0.2, 0.25) is 0 Å². The van der Waals surface area contributed by atoms with Gasteiger partial charge in [-0.3, -0.25) is 0 Å². The first-order valence-electron chi connectivity index (χ1n) is 5.83. The summed E-state index contributed by atoms with van der Waals surface area (Å²) in [5.74, 6) is -0.0412. The second kappa shape index (κ2) is 6.02. The van der Waals surface area contributed by atoms with E-state index in [-0.39, 0.29) is 25.3 Å². The molecule has 1 unspecified atom stereocenters. The second-order valence-electron chi connectivity index (χ2n) is 5.11. The lowest BCUT2D eigenvalue weighted by Gasteiger charge is -2.29. The van der Waals surface area contributed by atoms with Gasteiger partial charge in [-0.2, -0.15) is 13.2 Å². The van der Waals surface area contributed by atoms with Crippen molar-refractivity contribution in [2.75, 3.05) is 13.1 Å². The van der Waals surface area contributed by atoms with E-state index < -0.39 is 28.3 Å². The van der Waals surface area contributed by atoms with Crippen LogP contribution < -0.4 is 0 Å². The summed E-state index contributed by atoms with van der Waals surface area (Å²) in [6.07, 6.45) is 0.794. The molecular weight excluding hydrogens is 299 g/mol. The predicted octanol–water partition coefficient (Wildman–Crippen LogP) is 2.71. The maximum Gasteiger partial charge on any atom is 0.508 e. The monoisotopic (exact) mass is 315 g/mol. The van der Waals surface area contributed by atoms with Crippen molar-refractivity contribution in [2.24, 2.45) is 0 Å². The average molecular weight is 315 g/mol. The molecule has 0 aromatic carbocycles. The van der Waals surface area contributed by atoms with Gasteiger partial charge in [0, 0.05) is 19.5 Å². The Morgan fingerprint density at radius 2 is 1.95 bits per heavy atom. The van der Waals surface area contributed by atoms with Crippen LogP contribution in [0.1, 0.15) is 27.2 Å². The highest BCUT2D eigenvalue weighted by Gasteiger charge is 2.40. The molecule has 1 heterocycles. The lowest BCUT2D eigenvalue weighted by molar-refractivity contribution is -0.0459. The highest BCUT2D eigenvalue weighted by molar-refractivity contribution is 7.81. The third-order valence-corrected chi connectivity index (χ3v) is 2.93. The summed E-state index contributed by atoms with van der Waals surface area (Å²) in [6.45, 7) is 5.35. The van der Waals surface area contributed by atoms with E-state index in [0.29, 0.717) is 0 Å². The van der Waals surface area contributed by atoms with Crippen LogP contribution in [0, 0.1) is 0 Å². The van der Waals surface area contributed by atoms with E-state index in [4.69, 9.17) is 4.74 Å². The van der Waals surface area contributed by atoms with Crippen LogP contribution >= 0.6 is 0 Å². The molecule has 116 valence electrons. The van der Waals surface area contributed by atoms with Crippen molar-refractivity contribution in [1.29, 1.82) is 0 Å². The number of rotatable bonds is 2. The lowest BCUT2D eigenvalue weighted by Crippen LogP contribution is -2.39. The van der Waals surface area contributed by atoms with E-state index in [1.54, 1.807) is 20.8 Å². The first-order chi connectivity index (χ1) is 8.99. The van der Waals surface area contributed by atoms with Crippen LogP contribution in [0.25, 0.3) is 0 Å². The van der Waals surface area contributed by atoms with Gasteiger partial charge >= 0.3 is 22.7 Å². The molecule has 9 heteroatoms. The van der Waals surface area contributed by atoms with E-state index in [1.807, 2.05) is 0 Å². The van der Waals surface area contributed by atoms with Gasteiger partial charge < -0.3 is 13.8 Å². The fourth-order valence-corrected chi connectivity index (χ4v) is 1.80. The Morgan fingerprint density at radius 3 is 2.35 bits per heavy atom. The Kier molecular flexibility index (Phi) is 5.06. The Hall–Kier alpha value is -1.25. The summed E-state index contributed by atoms with van der Waals surface area (Å²) in [5, 5.41) is 0. The zero-order valence-electron chi connectivity index (χ0n) is 11.3. The first-order valence-corrected chi connectivity index (χ1v) is 6.90. The molecule has 5 nitrogen and oxygen atoms in total. The Morgan fingerprint density at radius 1 is 1.35 bits per heavy atom. The maximum atomic E-state index is 12.1. The minimum atomic E-state index is -4.91. The van der Waals surface area contributed by atoms with Crippen molar-refractivity contribution in [3.63, 3.8) is 0 Å². The summed E-state index contributed by atoms with van der Waals surface area (Å²) in [7, 11) is 0. The van der Waals surface area contributed by atoms with Crippen molar-refractivity contribution in [3.8, 4) is 0 Å². The molecule has 0 aliphatic carbocycles. The average Bonchev–Trinajstić information content (AvgIpc) is 2.26. The highest BCUT2D eigenvalue weighted by Crippen LogP contribution is 2.25. The van der Waals surface area contributed by atoms with Crippen molar-refractivity contribution in [1.82, 2.24) is 4.90 Å². The number of halogens is 3. The fourth-order valence-electron chi connectivity index (χ4n) is 1.36. The number of hydrogen-bond donors (Lipinski definition) is 0. The van der Waals surface area contributed by atoms with E-state index in [0.717, 1.165) is 0 Å². The fraction of sp³-hybridized carbons (Fsp3) is 0.727. The molecule has 0 saturated carbocycles. The van der Waals surface area contributed by atoms with Crippen molar-refractivity contribution >= 4 is 17.2 Å². The van der Waals surface area contributed by atoms with E-state index >= 15 is 0 Å². The van der Waals surface area contributed by atoms with E-state index in [1.165, 1.54) is 11.0 Å². The minimum Gasteiger partial charge on any atom is -0.444 e. The predicted molar refractivity (Wildman–Crippen MR) is 65.8 cm³/mol. The molecular formula is C11H16F3NO4S. The molecule has 0 saturated heterocycles. The van der Waals surface area contributed by atoms with Gasteiger partial charge in [0.15, 0.2) is 0 Å². The summed E-state index contributed by atoms with van der Waals surface area (Å²) in [5.41, 5.74) is -5.56. The van der Waals surface area contributed by atoms with Crippen molar-refractivity contribution in [2.45, 2.75) is 38.3 Å². The molecule has 0 N–H and O–H groups in total. The molecule has 0 bridgehead atoms. The summed E-state index contributed by atoms with van der Waals surface area (Å²) in [4.78, 5) is 13.0. The molecule has 1 atom stereocenters. The molecule has 20 heavy (non-hydrogen) atoms. The van der Waals surface area contributed by atoms with Crippen molar-refractivity contribution < 1.29 is 31.1 Å². The maximum absolute atomic E-state index is 12.1. The molecule has 0 spiro atoms. The standard InChI is InChI=1S/C11H16F3NO4S/c1-10(2,3)18-9(16)15-6-4-8(5-7-15)19-20(17)11(12,13)14/h4H,5-7H2,1-3H3. The largest absolute Gasteiger partial charge is 0.508 e. The van der Waals surface area contributed by atoms with E-state index in [2.05, 4.69) is 4.18 Å². The molecule has 0 fully saturated rings. The second-order valence-corrected chi connectivity index (χ2v) is 6.21. The summed E-state index contributed by atoms with van der Waals surface area (Å²) in [6, 6.07) is 0. The number of alkyl halides is 3. The number of nitrogens with zero attached hydrogens (tertiary/aromatic N) is 1. The van der Waals surface area contributed by atoms with Crippen LogP contribution in [-0.2, 0) is 20.0 Å². The van der Waals surface area contributed by atoms with Crippen LogP contribution in [0.15, 0.2) is 11.8 Å². The number of hydrogen-bond acceptors (Lipinski definition) is 4. The Labute approximate surface area is 117 Å². The normalized spacial score (nSPS) is 18.3. The third kappa shape index (κ3) is 5.40. The molecule has 0 aromatic rings. The lowest BCUT2D eigenvalue weighted by atomic mass is 10.2. The zero-order valence-corrected chi connectivity index (χ0v) is 12.1. The summed E-state index contributed by atoms with van der Waals surface area (Å²) < 4.78 is 56.4. The van der Waals surface area contributed by atoms with E-state index in [9.17, 15) is 22.2 Å². The van der Waals surface area contributed by atoms with Gasteiger partial charge in [0.25, 0.3) is 0 Å². The van der Waals surface area contributed by atoms with Crippen LogP contribution in [0.3, 0.4) is 0 Å². The molecule has 0 radical (unpaired) electrons. The van der Waals surface area contributed by atoms with Gasteiger partial charge in [0.05, 0.1) is 0 Å². The SMILES string of the molecule is CC(C)(C)OC(=O)N1CC=C(OS(=O)C(F)(F)F)CC1. The smallest absolute Gasteiger partial charge is 0.444 e. The topological polar surface area (TPSA) is 55.8 Å². The third-order valence-electron chi connectivity index (χ3n) is 2.19. The number of carbonyl (C=O) groups is 1. The minimum absolute atomic E-state index is 0.0412. The summed E-state index contributed by atoms with van der Waals surface area (Å²) >= 11 is -3.38. The van der Waals surface area contributed by atoms with Crippen molar-refractivity contribution in [3.05, 3.63) is 11.8 Å². The van der Waals surface area contributed by atoms with Gasteiger partial charge in [-0.15, -0.1) is 0 Å². The number of carbonyl (C=O) groups excluding carboxylic acids is 1. The number of ether oxygens (including phenoxy) is 1. The first kappa shape index (κ1) is 16.8. The van der Waals surface area contributed by atoms with Gasteiger partial charge in [-0.1, -0.05) is 0 Å². The molecule has 1 amide bonds. The molecule has 0 aromatic heterocycles. The quantitative estimate of drug-likeness (QED) is 0.786. The number of amides is 1. The Bertz CT molecular complexity index is 428. The van der Waals surface area contributed by atoms with Gasteiger partial charge in [-0.05, 0) is 26.8 Å². The van der Waals surface area contributed by atoms with Crippen LogP contribution in [0.5, 0.6) is 0 Å². The Balaban J connectivity index is 2.53. The highest BCUT2D eigenvalue weighted by atomic mass is 32.2. The van der Waals surface area contributed by atoms with Gasteiger partial charge in [0.1, 0.15) is 11.4 Å². The molecule has 1 aliphatic rings. The van der Waals surface area contributed by atoms with Crippen LogP contribution in [0.4, 0.5) is 18.0 Å². The van der Waals surface area contributed by atoms with Crippen LogP contribution in [-0.4, -0.2) is 39.4 Å². The zero-order chi connectivity index (χ0) is 15.6.